The number of amides is 2. The molecule has 7 heteroatoms. The summed E-state index contributed by atoms with van der Waals surface area (Å²) in [6.45, 7) is 4.96. The van der Waals surface area contributed by atoms with Gasteiger partial charge in [-0.25, -0.2) is 0 Å². The predicted molar refractivity (Wildman–Crippen MR) is 103 cm³/mol. The molecule has 2 aromatic rings. The van der Waals surface area contributed by atoms with Crippen molar-refractivity contribution < 1.29 is 14.3 Å². The van der Waals surface area contributed by atoms with Gasteiger partial charge in [0, 0.05) is 31.1 Å². The molecule has 26 heavy (non-hydrogen) atoms. The highest BCUT2D eigenvalue weighted by molar-refractivity contribution is 7.13. The summed E-state index contributed by atoms with van der Waals surface area (Å²) >= 11 is 1.52. The van der Waals surface area contributed by atoms with Crippen molar-refractivity contribution in [1.82, 2.24) is 9.80 Å². The quantitative estimate of drug-likeness (QED) is 0.875. The molecule has 1 aromatic heterocycles. The van der Waals surface area contributed by atoms with E-state index >= 15 is 0 Å². The molecule has 2 heterocycles. The average Bonchev–Trinajstić information content (AvgIpc) is 3.08. The lowest BCUT2D eigenvalue weighted by Gasteiger charge is -2.34. The van der Waals surface area contributed by atoms with Crippen molar-refractivity contribution in [3.8, 4) is 5.75 Å². The van der Waals surface area contributed by atoms with Crippen LogP contribution in [0, 0.1) is 6.92 Å². The summed E-state index contributed by atoms with van der Waals surface area (Å²) in [6, 6.07) is 11.2. The first-order chi connectivity index (χ1) is 12.6. The zero-order valence-corrected chi connectivity index (χ0v) is 15.8. The lowest BCUT2D eigenvalue weighted by molar-refractivity contribution is -0.117. The third-order valence-electron chi connectivity index (χ3n) is 4.36. The number of hydrogen-bond acceptors (Lipinski definition) is 5. The number of carbonyl (C=O) groups is 2. The highest BCUT2D eigenvalue weighted by atomic mass is 32.1. The van der Waals surface area contributed by atoms with Crippen LogP contribution < -0.4 is 10.1 Å². The Labute approximate surface area is 157 Å². The van der Waals surface area contributed by atoms with Crippen LogP contribution in [0.25, 0.3) is 0 Å². The summed E-state index contributed by atoms with van der Waals surface area (Å²) in [5.41, 5.74) is 0.668. The molecule has 1 fully saturated rings. The summed E-state index contributed by atoms with van der Waals surface area (Å²) in [5, 5.41) is 2.89. The second kappa shape index (κ2) is 8.33. The van der Waals surface area contributed by atoms with Gasteiger partial charge in [0.1, 0.15) is 5.75 Å². The van der Waals surface area contributed by atoms with Gasteiger partial charge < -0.3 is 15.0 Å². The number of thiophene rings is 1. The largest absolute Gasteiger partial charge is 0.495 e. The van der Waals surface area contributed by atoms with E-state index in [4.69, 9.17) is 4.74 Å². The standard InChI is InChI=1S/C19H23N3O3S/c1-14-7-8-17(26-14)19(24)22-11-9-21(10-12-22)13-18(23)20-15-5-3-4-6-16(15)25-2/h3-8H,9-13H2,1-2H3,(H,20,23). The molecule has 0 radical (unpaired) electrons. The molecular formula is C19H23N3O3S. The molecule has 1 N–H and O–H groups in total. The van der Waals surface area contributed by atoms with Gasteiger partial charge in [-0.05, 0) is 31.2 Å². The van der Waals surface area contributed by atoms with Crippen molar-refractivity contribution in [1.29, 1.82) is 0 Å². The van der Waals surface area contributed by atoms with Gasteiger partial charge >= 0.3 is 0 Å². The Kier molecular flexibility index (Phi) is 5.90. The maximum Gasteiger partial charge on any atom is 0.264 e. The highest BCUT2D eigenvalue weighted by Crippen LogP contribution is 2.23. The Morgan fingerprint density at radius 3 is 2.50 bits per heavy atom. The van der Waals surface area contributed by atoms with Crippen molar-refractivity contribution >= 4 is 28.8 Å². The molecule has 1 aromatic carbocycles. The lowest BCUT2D eigenvalue weighted by atomic mass is 10.2. The van der Waals surface area contributed by atoms with E-state index in [1.54, 1.807) is 7.11 Å². The SMILES string of the molecule is COc1ccccc1NC(=O)CN1CCN(C(=O)c2ccc(C)s2)CC1. The van der Waals surface area contributed by atoms with Crippen LogP contribution in [-0.2, 0) is 4.79 Å². The molecule has 0 unspecified atom stereocenters. The summed E-state index contributed by atoms with van der Waals surface area (Å²) in [6.07, 6.45) is 0. The van der Waals surface area contributed by atoms with Gasteiger partial charge in [0.25, 0.3) is 5.91 Å². The van der Waals surface area contributed by atoms with Gasteiger partial charge in [-0.1, -0.05) is 12.1 Å². The summed E-state index contributed by atoms with van der Waals surface area (Å²) < 4.78 is 5.25. The number of anilines is 1. The fourth-order valence-electron chi connectivity index (χ4n) is 2.96. The number of nitrogens with zero attached hydrogens (tertiary/aromatic N) is 2. The minimum Gasteiger partial charge on any atom is -0.495 e. The molecule has 0 saturated carbocycles. The molecule has 0 spiro atoms. The number of piperazine rings is 1. The maximum atomic E-state index is 12.5. The van der Waals surface area contributed by atoms with Crippen molar-refractivity contribution in [3.63, 3.8) is 0 Å². The Morgan fingerprint density at radius 1 is 1.12 bits per heavy atom. The van der Waals surface area contributed by atoms with E-state index in [0.717, 1.165) is 9.75 Å². The summed E-state index contributed by atoms with van der Waals surface area (Å²) in [4.78, 5) is 30.6. The number of carbonyl (C=O) groups excluding carboxylic acids is 2. The predicted octanol–water partition coefficient (Wildman–Crippen LogP) is 2.46. The number of para-hydroxylation sites is 2. The minimum atomic E-state index is -0.0804. The van der Waals surface area contributed by atoms with E-state index in [-0.39, 0.29) is 11.8 Å². The average molecular weight is 373 g/mol. The first-order valence-corrected chi connectivity index (χ1v) is 9.39. The summed E-state index contributed by atoms with van der Waals surface area (Å²) in [7, 11) is 1.58. The number of hydrogen-bond donors (Lipinski definition) is 1. The van der Waals surface area contributed by atoms with E-state index in [1.807, 2.05) is 48.2 Å². The molecule has 3 rings (SSSR count). The number of aryl methyl sites for hydroxylation is 1. The Hall–Kier alpha value is -2.38. The third-order valence-corrected chi connectivity index (χ3v) is 5.35. The molecule has 1 aliphatic heterocycles. The maximum absolute atomic E-state index is 12.5. The zero-order valence-electron chi connectivity index (χ0n) is 15.0. The molecule has 0 bridgehead atoms. The second-order valence-corrected chi connectivity index (χ2v) is 7.52. The van der Waals surface area contributed by atoms with Crippen LogP contribution in [0.5, 0.6) is 5.75 Å². The van der Waals surface area contributed by atoms with Crippen molar-refractivity contribution in [2.45, 2.75) is 6.92 Å². The van der Waals surface area contributed by atoms with Crippen molar-refractivity contribution in [2.75, 3.05) is 45.2 Å². The van der Waals surface area contributed by atoms with Gasteiger partial charge in [-0.2, -0.15) is 0 Å². The van der Waals surface area contributed by atoms with Crippen LogP contribution in [0.4, 0.5) is 5.69 Å². The Balaban J connectivity index is 1.49. The number of benzene rings is 1. The highest BCUT2D eigenvalue weighted by Gasteiger charge is 2.24. The van der Waals surface area contributed by atoms with Gasteiger partial charge in [-0.3, -0.25) is 14.5 Å². The van der Waals surface area contributed by atoms with Crippen LogP contribution in [0.1, 0.15) is 14.5 Å². The first-order valence-electron chi connectivity index (χ1n) is 8.58. The molecular weight excluding hydrogens is 350 g/mol. The summed E-state index contributed by atoms with van der Waals surface area (Å²) in [5.74, 6) is 0.645. The smallest absolute Gasteiger partial charge is 0.264 e. The molecule has 0 aliphatic carbocycles. The van der Waals surface area contributed by atoms with Gasteiger partial charge in [-0.15, -0.1) is 11.3 Å². The minimum absolute atomic E-state index is 0.0804. The monoisotopic (exact) mass is 373 g/mol. The van der Waals surface area contributed by atoms with Crippen LogP contribution in [0.3, 0.4) is 0 Å². The topological polar surface area (TPSA) is 61.9 Å². The molecule has 2 amide bonds. The Morgan fingerprint density at radius 2 is 1.85 bits per heavy atom. The van der Waals surface area contributed by atoms with Crippen LogP contribution in [0.15, 0.2) is 36.4 Å². The van der Waals surface area contributed by atoms with E-state index in [0.29, 0.717) is 44.2 Å². The molecule has 138 valence electrons. The van der Waals surface area contributed by atoms with E-state index in [9.17, 15) is 9.59 Å². The van der Waals surface area contributed by atoms with Crippen LogP contribution in [0.2, 0.25) is 0 Å². The van der Waals surface area contributed by atoms with Crippen molar-refractivity contribution in [3.05, 3.63) is 46.2 Å². The molecule has 0 atom stereocenters. The molecule has 1 saturated heterocycles. The van der Waals surface area contributed by atoms with E-state index in [1.165, 1.54) is 11.3 Å². The van der Waals surface area contributed by atoms with E-state index < -0.39 is 0 Å². The number of methoxy groups -OCH3 is 1. The fourth-order valence-corrected chi connectivity index (χ4v) is 3.79. The fraction of sp³-hybridized carbons (Fsp3) is 0.368. The number of ether oxygens (including phenoxy) is 1. The molecule has 1 aliphatic rings. The number of nitrogens with one attached hydrogen (secondary N) is 1. The lowest BCUT2D eigenvalue weighted by Crippen LogP contribution is -2.50. The van der Waals surface area contributed by atoms with Gasteiger partial charge in [0.2, 0.25) is 5.91 Å². The number of rotatable bonds is 5. The second-order valence-electron chi connectivity index (χ2n) is 6.23. The zero-order chi connectivity index (χ0) is 18.5. The van der Waals surface area contributed by atoms with Crippen molar-refractivity contribution in [2.24, 2.45) is 0 Å². The van der Waals surface area contributed by atoms with Crippen LogP contribution in [-0.4, -0.2) is 61.4 Å². The first kappa shape index (κ1) is 18.4. The third kappa shape index (κ3) is 4.42. The molecule has 6 nitrogen and oxygen atoms in total. The Bertz CT molecular complexity index is 782. The van der Waals surface area contributed by atoms with E-state index in [2.05, 4.69) is 10.2 Å². The van der Waals surface area contributed by atoms with Crippen LogP contribution >= 0.6 is 11.3 Å². The van der Waals surface area contributed by atoms with Gasteiger partial charge in [0.15, 0.2) is 0 Å². The normalized spacial score (nSPS) is 14.9. The van der Waals surface area contributed by atoms with Gasteiger partial charge in [0.05, 0.1) is 24.2 Å².